The number of likely N-dealkylation sites (tertiary alicyclic amines) is 1. The van der Waals surface area contributed by atoms with E-state index in [0.29, 0.717) is 18.5 Å². The Bertz CT molecular complexity index is 414. The van der Waals surface area contributed by atoms with Crippen LogP contribution < -0.4 is 5.32 Å². The number of nitrogens with one attached hydrogen (secondary N) is 1. The summed E-state index contributed by atoms with van der Waals surface area (Å²) in [5.41, 5.74) is 1.40. The first kappa shape index (κ1) is 15.0. The monoisotopic (exact) mass is 274 g/mol. The van der Waals surface area contributed by atoms with E-state index in [-0.39, 0.29) is 5.91 Å². The standard InChI is InChI=1S/C17H26N2O/c1-3-16(4-2)18-17(20)13-19-11-10-15(12-19)14-8-6-5-7-9-14/h5-9,15-16H,3-4,10-13H2,1-2H3,(H,18,20). The Morgan fingerprint density at radius 2 is 2.00 bits per heavy atom. The second kappa shape index (κ2) is 7.44. The van der Waals surface area contributed by atoms with Gasteiger partial charge in [0.05, 0.1) is 6.54 Å². The third kappa shape index (κ3) is 4.07. The van der Waals surface area contributed by atoms with Crippen molar-refractivity contribution >= 4 is 5.91 Å². The van der Waals surface area contributed by atoms with Crippen LogP contribution in [0, 0.1) is 0 Å². The first-order valence-electron chi connectivity index (χ1n) is 7.79. The van der Waals surface area contributed by atoms with E-state index in [1.165, 1.54) is 5.56 Å². The van der Waals surface area contributed by atoms with Gasteiger partial charge in [0.25, 0.3) is 0 Å². The van der Waals surface area contributed by atoms with Crippen molar-refractivity contribution in [1.82, 2.24) is 10.2 Å². The van der Waals surface area contributed by atoms with Gasteiger partial charge in [-0.1, -0.05) is 44.2 Å². The third-order valence-corrected chi connectivity index (χ3v) is 4.26. The van der Waals surface area contributed by atoms with E-state index < -0.39 is 0 Å². The van der Waals surface area contributed by atoms with Gasteiger partial charge in [0.1, 0.15) is 0 Å². The summed E-state index contributed by atoms with van der Waals surface area (Å²) in [5, 5.41) is 3.12. The van der Waals surface area contributed by atoms with Crippen molar-refractivity contribution in [2.45, 2.75) is 45.1 Å². The number of rotatable bonds is 6. The summed E-state index contributed by atoms with van der Waals surface area (Å²) in [6.45, 7) is 6.81. The van der Waals surface area contributed by atoms with Gasteiger partial charge in [0.15, 0.2) is 0 Å². The molecule has 1 N–H and O–H groups in total. The highest BCUT2D eigenvalue weighted by Crippen LogP contribution is 2.26. The summed E-state index contributed by atoms with van der Waals surface area (Å²) in [6.07, 6.45) is 3.17. The second-order valence-electron chi connectivity index (χ2n) is 5.71. The fourth-order valence-corrected chi connectivity index (χ4v) is 2.94. The maximum Gasteiger partial charge on any atom is 0.234 e. The van der Waals surface area contributed by atoms with Crippen LogP contribution in [0.25, 0.3) is 0 Å². The molecular weight excluding hydrogens is 248 g/mol. The second-order valence-corrected chi connectivity index (χ2v) is 5.71. The average molecular weight is 274 g/mol. The van der Waals surface area contributed by atoms with Crippen molar-refractivity contribution in [3.05, 3.63) is 35.9 Å². The van der Waals surface area contributed by atoms with E-state index >= 15 is 0 Å². The zero-order valence-electron chi connectivity index (χ0n) is 12.6. The molecule has 1 fully saturated rings. The minimum absolute atomic E-state index is 0.174. The van der Waals surface area contributed by atoms with Crippen molar-refractivity contribution in [2.24, 2.45) is 0 Å². The third-order valence-electron chi connectivity index (χ3n) is 4.26. The number of carbonyl (C=O) groups excluding carboxylic acids is 1. The highest BCUT2D eigenvalue weighted by molar-refractivity contribution is 5.78. The molecule has 0 saturated carbocycles. The summed E-state index contributed by atoms with van der Waals surface area (Å²) in [5.74, 6) is 0.754. The molecule has 0 bridgehead atoms. The van der Waals surface area contributed by atoms with Gasteiger partial charge in [0.2, 0.25) is 5.91 Å². The van der Waals surface area contributed by atoms with Gasteiger partial charge in [-0.2, -0.15) is 0 Å². The summed E-state index contributed by atoms with van der Waals surface area (Å²) >= 11 is 0. The van der Waals surface area contributed by atoms with Crippen LogP contribution in [0.1, 0.15) is 44.6 Å². The smallest absolute Gasteiger partial charge is 0.234 e. The highest BCUT2D eigenvalue weighted by Gasteiger charge is 2.25. The lowest BCUT2D eigenvalue weighted by atomic mass is 9.99. The molecule has 1 aliphatic rings. The quantitative estimate of drug-likeness (QED) is 0.865. The SMILES string of the molecule is CCC(CC)NC(=O)CN1CCC(c2ccccc2)C1. The first-order valence-corrected chi connectivity index (χ1v) is 7.79. The molecule has 1 amide bonds. The Labute approximate surface area is 122 Å². The number of benzene rings is 1. The van der Waals surface area contributed by atoms with Crippen LogP contribution in [-0.2, 0) is 4.79 Å². The van der Waals surface area contributed by atoms with Crippen LogP contribution in [0.3, 0.4) is 0 Å². The summed E-state index contributed by atoms with van der Waals surface area (Å²) in [6, 6.07) is 11.0. The summed E-state index contributed by atoms with van der Waals surface area (Å²) < 4.78 is 0. The van der Waals surface area contributed by atoms with E-state index in [2.05, 4.69) is 54.4 Å². The number of carbonyl (C=O) groups is 1. The minimum atomic E-state index is 0.174. The number of hydrogen-bond acceptors (Lipinski definition) is 2. The molecule has 1 aliphatic heterocycles. The van der Waals surface area contributed by atoms with E-state index in [1.807, 2.05) is 0 Å². The fraction of sp³-hybridized carbons (Fsp3) is 0.588. The molecule has 3 heteroatoms. The molecule has 20 heavy (non-hydrogen) atoms. The molecule has 0 aromatic heterocycles. The Hall–Kier alpha value is -1.35. The van der Waals surface area contributed by atoms with Gasteiger partial charge >= 0.3 is 0 Å². The normalized spacial score (nSPS) is 19.4. The lowest BCUT2D eigenvalue weighted by Crippen LogP contribution is -2.41. The molecule has 1 saturated heterocycles. The van der Waals surface area contributed by atoms with Crippen molar-refractivity contribution in [3.63, 3.8) is 0 Å². The first-order chi connectivity index (χ1) is 9.72. The lowest BCUT2D eigenvalue weighted by Gasteiger charge is -2.19. The molecule has 1 unspecified atom stereocenters. The van der Waals surface area contributed by atoms with Gasteiger partial charge < -0.3 is 5.32 Å². The Morgan fingerprint density at radius 1 is 1.30 bits per heavy atom. The molecule has 1 aromatic rings. The largest absolute Gasteiger partial charge is 0.352 e. The maximum atomic E-state index is 12.0. The Balaban J connectivity index is 1.80. The van der Waals surface area contributed by atoms with Gasteiger partial charge in [-0.3, -0.25) is 9.69 Å². The molecule has 0 radical (unpaired) electrons. The molecule has 1 atom stereocenters. The zero-order chi connectivity index (χ0) is 14.4. The van der Waals surface area contributed by atoms with Crippen molar-refractivity contribution < 1.29 is 4.79 Å². The van der Waals surface area contributed by atoms with E-state index in [1.54, 1.807) is 0 Å². The Morgan fingerprint density at radius 3 is 2.65 bits per heavy atom. The predicted octanol–water partition coefficient (Wildman–Crippen LogP) is 2.78. The molecule has 0 spiro atoms. The van der Waals surface area contributed by atoms with Crippen LogP contribution in [0.4, 0.5) is 0 Å². The van der Waals surface area contributed by atoms with Crippen LogP contribution >= 0.6 is 0 Å². The molecule has 1 aromatic carbocycles. The van der Waals surface area contributed by atoms with E-state index in [9.17, 15) is 4.79 Å². The number of amides is 1. The van der Waals surface area contributed by atoms with Crippen molar-refractivity contribution in [3.8, 4) is 0 Å². The molecule has 1 heterocycles. The van der Waals surface area contributed by atoms with E-state index in [0.717, 1.165) is 32.4 Å². The van der Waals surface area contributed by atoms with Crippen LogP contribution in [0.5, 0.6) is 0 Å². The van der Waals surface area contributed by atoms with Gasteiger partial charge in [0, 0.05) is 12.6 Å². The van der Waals surface area contributed by atoms with Gasteiger partial charge in [-0.15, -0.1) is 0 Å². The van der Waals surface area contributed by atoms with E-state index in [4.69, 9.17) is 0 Å². The fourth-order valence-electron chi connectivity index (χ4n) is 2.94. The van der Waals surface area contributed by atoms with Gasteiger partial charge in [-0.25, -0.2) is 0 Å². The van der Waals surface area contributed by atoms with Gasteiger partial charge in [-0.05, 0) is 37.3 Å². The van der Waals surface area contributed by atoms with Crippen LogP contribution in [0.2, 0.25) is 0 Å². The number of hydrogen-bond donors (Lipinski definition) is 1. The van der Waals surface area contributed by atoms with Crippen molar-refractivity contribution in [1.29, 1.82) is 0 Å². The number of nitrogens with zero attached hydrogens (tertiary/aromatic N) is 1. The molecule has 110 valence electrons. The van der Waals surface area contributed by atoms with Crippen molar-refractivity contribution in [2.75, 3.05) is 19.6 Å². The molecule has 3 nitrogen and oxygen atoms in total. The predicted molar refractivity (Wildman–Crippen MR) is 82.8 cm³/mol. The molecular formula is C17H26N2O. The topological polar surface area (TPSA) is 32.3 Å². The van der Waals surface area contributed by atoms with Crippen LogP contribution in [0.15, 0.2) is 30.3 Å². The summed E-state index contributed by atoms with van der Waals surface area (Å²) in [7, 11) is 0. The Kier molecular flexibility index (Phi) is 5.60. The molecule has 2 rings (SSSR count). The molecule has 0 aliphatic carbocycles. The highest BCUT2D eigenvalue weighted by atomic mass is 16.2. The lowest BCUT2D eigenvalue weighted by molar-refractivity contribution is -0.122. The average Bonchev–Trinajstić information content (AvgIpc) is 2.94. The zero-order valence-corrected chi connectivity index (χ0v) is 12.6. The maximum absolute atomic E-state index is 12.0. The van der Waals surface area contributed by atoms with Crippen LogP contribution in [-0.4, -0.2) is 36.5 Å². The summed E-state index contributed by atoms with van der Waals surface area (Å²) in [4.78, 5) is 14.3. The minimum Gasteiger partial charge on any atom is -0.352 e.